The predicted octanol–water partition coefficient (Wildman–Crippen LogP) is 3.47. The number of aromatic nitrogens is 1. The van der Waals surface area contributed by atoms with Gasteiger partial charge in [0.05, 0.1) is 17.1 Å². The van der Waals surface area contributed by atoms with Crippen molar-refractivity contribution in [2.75, 3.05) is 6.61 Å². The summed E-state index contributed by atoms with van der Waals surface area (Å²) in [5.74, 6) is 0.368. The Bertz CT molecular complexity index is 617. The van der Waals surface area contributed by atoms with Gasteiger partial charge in [0.2, 0.25) is 5.88 Å². The van der Waals surface area contributed by atoms with E-state index in [1.54, 1.807) is 6.07 Å². The molecule has 17 heavy (non-hydrogen) atoms. The van der Waals surface area contributed by atoms with Crippen molar-refractivity contribution in [3.05, 3.63) is 34.3 Å². The van der Waals surface area contributed by atoms with Gasteiger partial charge in [-0.25, -0.2) is 4.98 Å². The van der Waals surface area contributed by atoms with Gasteiger partial charge < -0.3 is 4.74 Å². The number of ether oxygens (including phenoxy) is 1. The molecule has 0 bridgehead atoms. The van der Waals surface area contributed by atoms with Gasteiger partial charge in [-0.05, 0) is 31.5 Å². The Morgan fingerprint density at radius 1 is 1.47 bits per heavy atom. The van der Waals surface area contributed by atoms with Crippen molar-refractivity contribution in [3.8, 4) is 11.9 Å². The summed E-state index contributed by atoms with van der Waals surface area (Å²) < 4.78 is 5.35. The first-order valence-corrected chi connectivity index (χ1v) is 5.68. The van der Waals surface area contributed by atoms with E-state index in [2.05, 4.69) is 11.1 Å². The molecule has 0 aliphatic rings. The van der Waals surface area contributed by atoms with E-state index in [1.165, 1.54) is 0 Å². The summed E-state index contributed by atoms with van der Waals surface area (Å²) in [4.78, 5) is 4.37. The fourth-order valence-electron chi connectivity index (χ4n) is 1.67. The highest BCUT2D eigenvalue weighted by Crippen LogP contribution is 2.29. The number of hydrogen-bond acceptors (Lipinski definition) is 3. The number of benzene rings is 1. The fraction of sp³-hybridized carbons (Fsp3) is 0.231. The molecule has 0 unspecified atom stereocenters. The third kappa shape index (κ3) is 2.04. The molecule has 0 aliphatic heterocycles. The number of nitrogens with zero attached hydrogens (tertiary/aromatic N) is 2. The molecule has 0 radical (unpaired) electrons. The van der Waals surface area contributed by atoms with Gasteiger partial charge in [-0.1, -0.05) is 17.7 Å². The van der Waals surface area contributed by atoms with Gasteiger partial charge in [0.25, 0.3) is 0 Å². The van der Waals surface area contributed by atoms with Crippen LogP contribution in [0.4, 0.5) is 0 Å². The molecule has 0 spiro atoms. The first kappa shape index (κ1) is 11.7. The van der Waals surface area contributed by atoms with Crippen molar-refractivity contribution in [3.63, 3.8) is 0 Å². The topological polar surface area (TPSA) is 45.9 Å². The van der Waals surface area contributed by atoms with Crippen molar-refractivity contribution in [2.45, 2.75) is 13.8 Å². The van der Waals surface area contributed by atoms with Crippen LogP contribution in [0.3, 0.4) is 0 Å². The summed E-state index contributed by atoms with van der Waals surface area (Å²) in [6, 6.07) is 7.51. The smallest absolute Gasteiger partial charge is 0.232 e. The molecule has 86 valence electrons. The van der Waals surface area contributed by atoms with E-state index < -0.39 is 0 Å². The summed E-state index contributed by atoms with van der Waals surface area (Å²) in [6.45, 7) is 4.29. The molecule has 0 saturated heterocycles. The molecule has 0 amide bonds. The Kier molecular flexibility index (Phi) is 3.16. The van der Waals surface area contributed by atoms with Crippen molar-refractivity contribution >= 4 is 22.5 Å². The van der Waals surface area contributed by atoms with Crippen LogP contribution in [0.2, 0.25) is 5.02 Å². The molecule has 2 aromatic rings. The first-order chi connectivity index (χ1) is 8.17. The van der Waals surface area contributed by atoms with Crippen LogP contribution in [-0.4, -0.2) is 11.6 Å². The normalized spacial score (nSPS) is 10.2. The number of hydrogen-bond donors (Lipinski definition) is 0. The van der Waals surface area contributed by atoms with Crippen molar-refractivity contribution in [1.82, 2.24) is 4.98 Å². The lowest BCUT2D eigenvalue weighted by atomic mass is 10.1. The van der Waals surface area contributed by atoms with Crippen LogP contribution in [0.25, 0.3) is 10.9 Å². The van der Waals surface area contributed by atoms with Crippen LogP contribution in [0.5, 0.6) is 5.88 Å². The molecule has 0 fully saturated rings. The Balaban J connectivity index is 2.79. The maximum absolute atomic E-state index is 9.05. The Morgan fingerprint density at radius 3 is 2.88 bits per heavy atom. The average Bonchev–Trinajstić information content (AvgIpc) is 2.34. The van der Waals surface area contributed by atoms with E-state index in [9.17, 15) is 0 Å². The number of aryl methyl sites for hydroxylation is 1. The number of nitriles is 1. The molecule has 1 aromatic heterocycles. The quantitative estimate of drug-likeness (QED) is 0.815. The number of fused-ring (bicyclic) bond motifs is 1. The lowest BCUT2D eigenvalue weighted by Crippen LogP contribution is -1.98. The van der Waals surface area contributed by atoms with E-state index in [4.69, 9.17) is 21.6 Å². The minimum atomic E-state index is 0.368. The zero-order chi connectivity index (χ0) is 12.4. The van der Waals surface area contributed by atoms with Gasteiger partial charge >= 0.3 is 0 Å². The van der Waals surface area contributed by atoms with Crippen LogP contribution >= 0.6 is 11.6 Å². The average molecular weight is 247 g/mol. The van der Waals surface area contributed by atoms with E-state index in [0.717, 1.165) is 16.5 Å². The molecule has 1 heterocycles. The Labute approximate surface area is 105 Å². The highest BCUT2D eigenvalue weighted by molar-refractivity contribution is 6.35. The lowest BCUT2D eigenvalue weighted by Gasteiger charge is -2.08. The molecular weight excluding hydrogens is 236 g/mol. The summed E-state index contributed by atoms with van der Waals surface area (Å²) in [5.41, 5.74) is 2.20. The van der Waals surface area contributed by atoms with Crippen molar-refractivity contribution in [2.24, 2.45) is 0 Å². The molecule has 2 rings (SSSR count). The van der Waals surface area contributed by atoms with Crippen molar-refractivity contribution in [1.29, 1.82) is 5.26 Å². The molecular formula is C13H11ClN2O. The molecule has 3 nitrogen and oxygen atoms in total. The second kappa shape index (κ2) is 4.60. The zero-order valence-electron chi connectivity index (χ0n) is 9.62. The van der Waals surface area contributed by atoms with Gasteiger partial charge in [-0.3, -0.25) is 0 Å². The van der Waals surface area contributed by atoms with Gasteiger partial charge in [-0.2, -0.15) is 5.26 Å². The molecule has 4 heteroatoms. The lowest BCUT2D eigenvalue weighted by molar-refractivity contribution is 0.327. The molecule has 0 saturated carbocycles. The molecule has 0 atom stereocenters. The van der Waals surface area contributed by atoms with E-state index in [1.807, 2.05) is 26.0 Å². The van der Waals surface area contributed by atoms with Gasteiger partial charge in [0.1, 0.15) is 11.6 Å². The minimum absolute atomic E-state index is 0.368. The van der Waals surface area contributed by atoms with Crippen LogP contribution < -0.4 is 4.74 Å². The summed E-state index contributed by atoms with van der Waals surface area (Å²) in [7, 11) is 0. The number of pyridine rings is 1. The van der Waals surface area contributed by atoms with Gasteiger partial charge in [-0.15, -0.1) is 0 Å². The highest BCUT2D eigenvalue weighted by atomic mass is 35.5. The minimum Gasteiger partial charge on any atom is -0.477 e. The molecule has 0 aliphatic carbocycles. The maximum atomic E-state index is 9.05. The first-order valence-electron chi connectivity index (χ1n) is 5.30. The fourth-order valence-corrected chi connectivity index (χ4v) is 1.88. The summed E-state index contributed by atoms with van der Waals surface area (Å²) in [6.07, 6.45) is 0. The zero-order valence-corrected chi connectivity index (χ0v) is 10.4. The van der Waals surface area contributed by atoms with E-state index in [-0.39, 0.29) is 0 Å². The highest BCUT2D eigenvalue weighted by Gasteiger charge is 2.11. The maximum Gasteiger partial charge on any atom is 0.232 e. The van der Waals surface area contributed by atoms with Crippen LogP contribution in [0.1, 0.15) is 18.1 Å². The Hall–Kier alpha value is -1.79. The largest absolute Gasteiger partial charge is 0.477 e. The van der Waals surface area contributed by atoms with Gasteiger partial charge in [0, 0.05) is 5.39 Å². The van der Waals surface area contributed by atoms with E-state index in [0.29, 0.717) is 23.1 Å². The van der Waals surface area contributed by atoms with Crippen LogP contribution in [0.15, 0.2) is 18.2 Å². The number of rotatable bonds is 2. The second-order valence-electron chi connectivity index (χ2n) is 3.65. The third-order valence-corrected chi connectivity index (χ3v) is 2.83. The molecule has 1 aromatic carbocycles. The third-order valence-electron chi connectivity index (χ3n) is 2.50. The van der Waals surface area contributed by atoms with Gasteiger partial charge in [0.15, 0.2) is 0 Å². The summed E-state index contributed by atoms with van der Waals surface area (Å²) >= 11 is 6.10. The SMILES string of the molecule is CCOc1nc2c(C)ccc(Cl)c2cc1C#N. The van der Waals surface area contributed by atoms with Crippen LogP contribution in [0, 0.1) is 18.3 Å². The number of halogens is 1. The second-order valence-corrected chi connectivity index (χ2v) is 4.05. The Morgan fingerprint density at radius 2 is 2.24 bits per heavy atom. The predicted molar refractivity (Wildman–Crippen MR) is 67.4 cm³/mol. The van der Waals surface area contributed by atoms with E-state index >= 15 is 0 Å². The van der Waals surface area contributed by atoms with Crippen LogP contribution in [-0.2, 0) is 0 Å². The standard InChI is InChI=1S/C13H11ClN2O/c1-3-17-13-9(7-15)6-10-11(14)5-4-8(2)12(10)16-13/h4-6H,3H2,1-2H3. The summed E-state index contributed by atoms with van der Waals surface area (Å²) in [5, 5.41) is 10.4. The molecule has 0 N–H and O–H groups in total. The monoisotopic (exact) mass is 246 g/mol. The van der Waals surface area contributed by atoms with Crippen molar-refractivity contribution < 1.29 is 4.74 Å².